The summed E-state index contributed by atoms with van der Waals surface area (Å²) in [6, 6.07) is 9.33. The summed E-state index contributed by atoms with van der Waals surface area (Å²) < 4.78 is 5.99. The first-order valence-electron chi connectivity index (χ1n) is 6.09. The molecule has 20 heavy (non-hydrogen) atoms. The highest BCUT2D eigenvalue weighted by atomic mass is 79.9. The van der Waals surface area contributed by atoms with Gasteiger partial charge in [-0.25, -0.2) is 4.98 Å². The van der Waals surface area contributed by atoms with Gasteiger partial charge in [0.25, 0.3) is 0 Å². The highest BCUT2D eigenvalue weighted by Crippen LogP contribution is 2.21. The average Bonchev–Trinajstić information content (AvgIpc) is 2.45. The van der Waals surface area contributed by atoms with Crippen molar-refractivity contribution in [2.24, 2.45) is 0 Å². The Labute approximate surface area is 126 Å². The molecule has 0 aliphatic heterocycles. The molecule has 0 N–H and O–H groups in total. The molecule has 1 heterocycles. The van der Waals surface area contributed by atoms with E-state index in [2.05, 4.69) is 20.9 Å². The number of carbonyl (C=O) groups excluding carboxylic acids is 1. The standard InChI is InChI=1S/C16H14BrNO2/c1-11-3-5-12(6-4-11)15(19)8-7-13-9-14(17)10-18-16(13)20-2/h3-10H,1-2H3. The highest BCUT2D eigenvalue weighted by molar-refractivity contribution is 9.10. The molecule has 3 nitrogen and oxygen atoms in total. The third-order valence-corrected chi connectivity index (χ3v) is 3.22. The zero-order valence-corrected chi connectivity index (χ0v) is 12.8. The normalized spacial score (nSPS) is 10.8. The Balaban J connectivity index is 2.22. The van der Waals surface area contributed by atoms with E-state index in [4.69, 9.17) is 4.74 Å². The van der Waals surface area contributed by atoms with Crippen molar-refractivity contribution in [1.82, 2.24) is 4.98 Å². The summed E-state index contributed by atoms with van der Waals surface area (Å²) in [6.07, 6.45) is 4.88. The minimum absolute atomic E-state index is 0.0490. The Morgan fingerprint density at radius 1 is 1.30 bits per heavy atom. The molecule has 0 bridgehead atoms. The van der Waals surface area contributed by atoms with Crippen LogP contribution in [-0.4, -0.2) is 17.9 Å². The zero-order valence-electron chi connectivity index (χ0n) is 11.3. The van der Waals surface area contributed by atoms with Crippen LogP contribution in [0.4, 0.5) is 0 Å². The lowest BCUT2D eigenvalue weighted by Gasteiger charge is -2.03. The van der Waals surface area contributed by atoms with Crippen LogP contribution in [0.15, 0.2) is 47.1 Å². The minimum atomic E-state index is -0.0490. The lowest BCUT2D eigenvalue weighted by atomic mass is 10.1. The van der Waals surface area contributed by atoms with E-state index in [1.165, 1.54) is 6.08 Å². The third kappa shape index (κ3) is 3.54. The van der Waals surface area contributed by atoms with Crippen LogP contribution in [0, 0.1) is 6.92 Å². The van der Waals surface area contributed by atoms with Crippen molar-refractivity contribution >= 4 is 27.8 Å². The monoisotopic (exact) mass is 331 g/mol. The van der Waals surface area contributed by atoms with E-state index in [1.54, 1.807) is 19.4 Å². The minimum Gasteiger partial charge on any atom is -0.481 e. The lowest BCUT2D eigenvalue weighted by Crippen LogP contribution is -1.95. The van der Waals surface area contributed by atoms with Gasteiger partial charge in [-0.15, -0.1) is 0 Å². The summed E-state index contributed by atoms with van der Waals surface area (Å²) in [7, 11) is 1.55. The number of halogens is 1. The van der Waals surface area contributed by atoms with Crippen molar-refractivity contribution in [2.75, 3.05) is 7.11 Å². The number of pyridine rings is 1. The fourth-order valence-electron chi connectivity index (χ4n) is 1.71. The lowest BCUT2D eigenvalue weighted by molar-refractivity contribution is 0.104. The Bertz CT molecular complexity index is 648. The number of nitrogens with zero attached hydrogens (tertiary/aromatic N) is 1. The van der Waals surface area contributed by atoms with Crippen LogP contribution in [0.3, 0.4) is 0 Å². The molecule has 1 aromatic carbocycles. The Kier molecular flexibility index (Phi) is 4.69. The van der Waals surface area contributed by atoms with E-state index < -0.39 is 0 Å². The van der Waals surface area contributed by atoms with Gasteiger partial charge in [0.1, 0.15) is 0 Å². The van der Waals surface area contributed by atoms with Crippen LogP contribution in [0.5, 0.6) is 5.88 Å². The molecule has 0 aliphatic rings. The summed E-state index contributed by atoms with van der Waals surface area (Å²) >= 11 is 3.35. The maximum atomic E-state index is 12.1. The molecule has 1 aromatic heterocycles. The van der Waals surface area contributed by atoms with Gasteiger partial charge in [-0.3, -0.25) is 4.79 Å². The van der Waals surface area contributed by atoms with E-state index in [0.29, 0.717) is 11.4 Å². The molecule has 0 saturated carbocycles. The Hall–Kier alpha value is -1.94. The molecule has 2 rings (SSSR count). The van der Waals surface area contributed by atoms with Gasteiger partial charge in [0.2, 0.25) is 5.88 Å². The first-order valence-corrected chi connectivity index (χ1v) is 6.88. The van der Waals surface area contributed by atoms with Crippen molar-refractivity contribution in [2.45, 2.75) is 6.92 Å². The quantitative estimate of drug-likeness (QED) is 0.626. The van der Waals surface area contributed by atoms with E-state index in [1.807, 2.05) is 37.3 Å². The number of benzene rings is 1. The summed E-state index contributed by atoms with van der Waals surface area (Å²) in [5.74, 6) is 0.438. The van der Waals surface area contributed by atoms with Gasteiger partial charge in [-0.05, 0) is 41.1 Å². The Morgan fingerprint density at radius 2 is 2.00 bits per heavy atom. The summed E-state index contributed by atoms with van der Waals surface area (Å²) in [5.41, 5.74) is 2.54. The molecule has 0 aliphatic carbocycles. The molecular formula is C16H14BrNO2. The van der Waals surface area contributed by atoms with E-state index >= 15 is 0 Å². The van der Waals surface area contributed by atoms with Gasteiger partial charge in [0.15, 0.2) is 5.78 Å². The summed E-state index contributed by atoms with van der Waals surface area (Å²) in [4.78, 5) is 16.2. The van der Waals surface area contributed by atoms with E-state index in [0.717, 1.165) is 15.6 Å². The maximum Gasteiger partial charge on any atom is 0.220 e. The predicted octanol–water partition coefficient (Wildman–Crippen LogP) is 4.06. The summed E-state index contributed by atoms with van der Waals surface area (Å²) in [6.45, 7) is 1.99. The number of hydrogen-bond donors (Lipinski definition) is 0. The van der Waals surface area contributed by atoms with Gasteiger partial charge in [0, 0.05) is 21.8 Å². The molecule has 0 saturated heterocycles. The number of ketones is 1. The van der Waals surface area contributed by atoms with Crippen LogP contribution in [0.2, 0.25) is 0 Å². The molecular weight excluding hydrogens is 318 g/mol. The average molecular weight is 332 g/mol. The fraction of sp³-hybridized carbons (Fsp3) is 0.125. The number of aryl methyl sites for hydroxylation is 1. The molecule has 0 atom stereocenters. The predicted molar refractivity (Wildman–Crippen MR) is 83.0 cm³/mol. The van der Waals surface area contributed by atoms with Gasteiger partial charge in [0.05, 0.1) is 7.11 Å². The fourth-order valence-corrected chi connectivity index (χ4v) is 2.06. The van der Waals surface area contributed by atoms with Crippen molar-refractivity contribution in [1.29, 1.82) is 0 Å². The van der Waals surface area contributed by atoms with Gasteiger partial charge in [-0.1, -0.05) is 29.8 Å². The third-order valence-electron chi connectivity index (χ3n) is 2.79. The molecule has 0 radical (unpaired) electrons. The van der Waals surface area contributed by atoms with Crippen molar-refractivity contribution in [3.8, 4) is 5.88 Å². The molecule has 0 spiro atoms. The first-order chi connectivity index (χ1) is 9.60. The second-order valence-electron chi connectivity index (χ2n) is 4.32. The highest BCUT2D eigenvalue weighted by Gasteiger charge is 2.04. The number of carbonyl (C=O) groups is 1. The first kappa shape index (κ1) is 14.5. The van der Waals surface area contributed by atoms with Gasteiger partial charge in [-0.2, -0.15) is 0 Å². The largest absolute Gasteiger partial charge is 0.481 e. The molecule has 0 amide bonds. The number of ether oxygens (including phenoxy) is 1. The van der Waals surface area contributed by atoms with Crippen molar-refractivity contribution in [3.05, 3.63) is 63.8 Å². The van der Waals surface area contributed by atoms with Crippen molar-refractivity contribution < 1.29 is 9.53 Å². The SMILES string of the molecule is COc1ncc(Br)cc1C=CC(=O)c1ccc(C)cc1. The topological polar surface area (TPSA) is 39.2 Å². The molecule has 0 unspecified atom stereocenters. The van der Waals surface area contributed by atoms with E-state index in [-0.39, 0.29) is 5.78 Å². The number of hydrogen-bond acceptors (Lipinski definition) is 3. The number of methoxy groups -OCH3 is 1. The Morgan fingerprint density at radius 3 is 2.65 bits per heavy atom. The molecule has 102 valence electrons. The molecule has 2 aromatic rings. The molecule has 4 heteroatoms. The van der Waals surface area contributed by atoms with E-state index in [9.17, 15) is 4.79 Å². The smallest absolute Gasteiger partial charge is 0.220 e. The van der Waals surface area contributed by atoms with Crippen molar-refractivity contribution in [3.63, 3.8) is 0 Å². The number of rotatable bonds is 4. The van der Waals surface area contributed by atoms with Gasteiger partial charge < -0.3 is 4.74 Å². The van der Waals surface area contributed by atoms with Crippen LogP contribution >= 0.6 is 15.9 Å². The molecule has 0 fully saturated rings. The van der Waals surface area contributed by atoms with Crippen LogP contribution < -0.4 is 4.74 Å². The van der Waals surface area contributed by atoms with Gasteiger partial charge >= 0.3 is 0 Å². The zero-order chi connectivity index (χ0) is 14.5. The van der Waals surface area contributed by atoms with Crippen LogP contribution in [0.1, 0.15) is 21.5 Å². The number of aromatic nitrogens is 1. The number of allylic oxidation sites excluding steroid dienone is 1. The summed E-state index contributed by atoms with van der Waals surface area (Å²) in [5, 5.41) is 0. The second kappa shape index (κ2) is 6.48. The van der Waals surface area contributed by atoms with Crippen LogP contribution in [0.25, 0.3) is 6.08 Å². The second-order valence-corrected chi connectivity index (χ2v) is 5.23. The maximum absolute atomic E-state index is 12.1. The van der Waals surface area contributed by atoms with Crippen LogP contribution in [-0.2, 0) is 0 Å².